The Bertz CT molecular complexity index is 691. The summed E-state index contributed by atoms with van der Waals surface area (Å²) in [6, 6.07) is 5.94. The average Bonchev–Trinajstić information content (AvgIpc) is 2.86. The zero-order valence-electron chi connectivity index (χ0n) is 14.8. The molecule has 0 atom stereocenters. The number of rotatable bonds is 8. The molecule has 134 valence electrons. The molecule has 5 nitrogen and oxygen atoms in total. The van der Waals surface area contributed by atoms with Crippen molar-refractivity contribution in [2.45, 2.75) is 57.6 Å². The fourth-order valence-corrected chi connectivity index (χ4v) is 3.49. The van der Waals surface area contributed by atoms with Crippen molar-refractivity contribution in [1.82, 2.24) is 4.72 Å². The number of anilines is 1. The maximum atomic E-state index is 11.9. The first kappa shape index (κ1) is 18.9. The molecule has 0 aliphatic heterocycles. The van der Waals surface area contributed by atoms with Gasteiger partial charge in [0.2, 0.25) is 10.0 Å². The topological polar surface area (TPSA) is 75.3 Å². The van der Waals surface area contributed by atoms with Crippen LogP contribution >= 0.6 is 0 Å². The maximum Gasteiger partial charge on any atom is 0.216 e. The van der Waals surface area contributed by atoms with Crippen molar-refractivity contribution in [3.63, 3.8) is 0 Å². The highest BCUT2D eigenvalue weighted by Gasteiger charge is 2.27. The first-order valence-electron chi connectivity index (χ1n) is 8.60. The number of hydrogen-bond donors (Lipinski definition) is 2. The molecule has 24 heavy (non-hydrogen) atoms. The molecule has 1 aromatic carbocycles. The molecule has 6 heteroatoms. The first-order chi connectivity index (χ1) is 11.2. The van der Waals surface area contributed by atoms with Gasteiger partial charge in [-0.2, -0.15) is 0 Å². The summed E-state index contributed by atoms with van der Waals surface area (Å²) in [5.74, 6) is 0.245. The van der Waals surface area contributed by atoms with E-state index in [4.69, 9.17) is 0 Å². The molecule has 0 bridgehead atoms. The third-order valence-electron chi connectivity index (χ3n) is 4.31. The van der Waals surface area contributed by atoms with Gasteiger partial charge in [0.05, 0.1) is 4.75 Å². The number of carbonyl (C=O) groups is 1. The third kappa shape index (κ3) is 4.80. The molecule has 0 saturated heterocycles. The Morgan fingerprint density at radius 2 is 1.75 bits per heavy atom. The van der Waals surface area contributed by atoms with Crippen LogP contribution in [0.4, 0.5) is 5.69 Å². The Labute approximate surface area is 145 Å². The molecule has 1 aromatic rings. The standard InChI is InChI=1S/C18H28N2O3S/c1-18(2,3)24(22,23)20-12-6-4-5-11-19-15-8-9-16-14(13-15)7-10-17(16)21/h8-9,13,19-20H,4-7,10-12H2,1-3H3. The number of sulfonamides is 1. The van der Waals surface area contributed by atoms with E-state index in [1.807, 2.05) is 12.1 Å². The average molecular weight is 353 g/mol. The largest absolute Gasteiger partial charge is 0.385 e. The second-order valence-corrected chi connectivity index (χ2v) is 9.81. The van der Waals surface area contributed by atoms with Gasteiger partial charge < -0.3 is 5.32 Å². The Balaban J connectivity index is 1.63. The Morgan fingerprint density at radius 3 is 2.46 bits per heavy atom. The molecule has 0 fully saturated rings. The van der Waals surface area contributed by atoms with Gasteiger partial charge in [-0.3, -0.25) is 4.79 Å². The van der Waals surface area contributed by atoms with E-state index < -0.39 is 14.8 Å². The van der Waals surface area contributed by atoms with Crippen molar-refractivity contribution >= 4 is 21.5 Å². The van der Waals surface area contributed by atoms with E-state index in [9.17, 15) is 13.2 Å². The molecule has 2 N–H and O–H groups in total. The molecule has 2 rings (SSSR count). The molecular weight excluding hydrogens is 324 g/mol. The zero-order valence-corrected chi connectivity index (χ0v) is 15.6. The van der Waals surface area contributed by atoms with E-state index in [0.717, 1.165) is 49.0 Å². The number of benzene rings is 1. The summed E-state index contributed by atoms with van der Waals surface area (Å²) in [5.41, 5.74) is 3.06. The van der Waals surface area contributed by atoms with E-state index in [1.54, 1.807) is 20.8 Å². The van der Waals surface area contributed by atoms with Crippen LogP contribution in [0.15, 0.2) is 18.2 Å². The summed E-state index contributed by atoms with van der Waals surface area (Å²) in [7, 11) is -3.24. The molecule has 0 amide bonds. The predicted octanol–water partition coefficient (Wildman–Crippen LogP) is 3.12. The summed E-state index contributed by atoms with van der Waals surface area (Å²) in [6.07, 6.45) is 4.24. The quantitative estimate of drug-likeness (QED) is 0.705. The highest BCUT2D eigenvalue weighted by Crippen LogP contribution is 2.25. The number of hydrogen-bond acceptors (Lipinski definition) is 4. The van der Waals surface area contributed by atoms with E-state index in [2.05, 4.69) is 16.1 Å². The number of unbranched alkanes of at least 4 members (excludes halogenated alkanes) is 2. The van der Waals surface area contributed by atoms with Gasteiger partial charge in [0.15, 0.2) is 5.78 Å². The predicted molar refractivity (Wildman–Crippen MR) is 98.1 cm³/mol. The van der Waals surface area contributed by atoms with Gasteiger partial charge in [-0.15, -0.1) is 0 Å². The van der Waals surface area contributed by atoms with Gasteiger partial charge in [0.25, 0.3) is 0 Å². The van der Waals surface area contributed by atoms with E-state index in [0.29, 0.717) is 13.0 Å². The third-order valence-corrected chi connectivity index (χ3v) is 6.50. The second kappa shape index (κ2) is 7.66. The molecule has 1 aliphatic rings. The highest BCUT2D eigenvalue weighted by molar-refractivity contribution is 7.90. The minimum Gasteiger partial charge on any atom is -0.385 e. The normalized spacial score (nSPS) is 14.7. The number of ketones is 1. The number of carbonyl (C=O) groups excluding carboxylic acids is 1. The smallest absolute Gasteiger partial charge is 0.216 e. The van der Waals surface area contributed by atoms with Crippen LogP contribution in [-0.4, -0.2) is 32.0 Å². The number of Topliss-reactive ketones (excluding diaryl/α,β-unsaturated/α-hetero) is 1. The fraction of sp³-hybridized carbons (Fsp3) is 0.611. The lowest BCUT2D eigenvalue weighted by Crippen LogP contribution is -2.39. The summed E-state index contributed by atoms with van der Waals surface area (Å²) in [5, 5.41) is 3.37. The summed E-state index contributed by atoms with van der Waals surface area (Å²) in [6.45, 7) is 6.43. The SMILES string of the molecule is CC(C)(C)S(=O)(=O)NCCCCCNc1ccc2c(c1)CCC2=O. The summed E-state index contributed by atoms with van der Waals surface area (Å²) >= 11 is 0. The van der Waals surface area contributed by atoms with Crippen molar-refractivity contribution in [3.05, 3.63) is 29.3 Å². The molecular formula is C18H28N2O3S. The molecule has 1 aliphatic carbocycles. The van der Waals surface area contributed by atoms with Gasteiger partial charge in [0.1, 0.15) is 0 Å². The second-order valence-electron chi connectivity index (χ2n) is 7.29. The van der Waals surface area contributed by atoms with Gasteiger partial charge >= 0.3 is 0 Å². The van der Waals surface area contributed by atoms with Gasteiger partial charge in [0, 0.05) is 30.8 Å². The maximum absolute atomic E-state index is 11.9. The van der Waals surface area contributed by atoms with Crippen LogP contribution in [0, 0.1) is 0 Å². The molecule has 0 saturated carbocycles. The van der Waals surface area contributed by atoms with Gasteiger partial charge in [-0.05, 0) is 63.8 Å². The van der Waals surface area contributed by atoms with Crippen molar-refractivity contribution in [1.29, 1.82) is 0 Å². The van der Waals surface area contributed by atoms with Crippen molar-refractivity contribution in [3.8, 4) is 0 Å². The summed E-state index contributed by atoms with van der Waals surface area (Å²) < 4.78 is 25.7. The molecule has 0 aromatic heterocycles. The lowest BCUT2D eigenvalue weighted by atomic mass is 10.1. The van der Waals surface area contributed by atoms with Crippen LogP contribution in [0.1, 0.15) is 62.4 Å². The summed E-state index contributed by atoms with van der Waals surface area (Å²) in [4.78, 5) is 11.6. The highest BCUT2D eigenvalue weighted by atomic mass is 32.2. The van der Waals surface area contributed by atoms with Gasteiger partial charge in [-0.25, -0.2) is 13.1 Å². The van der Waals surface area contributed by atoms with Crippen LogP contribution in [0.5, 0.6) is 0 Å². The molecule has 0 heterocycles. The van der Waals surface area contributed by atoms with E-state index in [-0.39, 0.29) is 5.78 Å². The van der Waals surface area contributed by atoms with Crippen molar-refractivity contribution in [2.24, 2.45) is 0 Å². The van der Waals surface area contributed by atoms with E-state index >= 15 is 0 Å². The van der Waals surface area contributed by atoms with Gasteiger partial charge in [-0.1, -0.05) is 6.42 Å². The zero-order chi connectivity index (χ0) is 17.8. The lowest BCUT2D eigenvalue weighted by Gasteiger charge is -2.19. The number of nitrogens with one attached hydrogen (secondary N) is 2. The van der Waals surface area contributed by atoms with Crippen molar-refractivity contribution in [2.75, 3.05) is 18.4 Å². The number of aryl methyl sites for hydroxylation is 1. The molecule has 0 spiro atoms. The Hall–Kier alpha value is -1.40. The van der Waals surface area contributed by atoms with Crippen LogP contribution in [0.3, 0.4) is 0 Å². The Morgan fingerprint density at radius 1 is 1.04 bits per heavy atom. The number of fused-ring (bicyclic) bond motifs is 1. The molecule has 0 radical (unpaired) electrons. The molecule has 0 unspecified atom stereocenters. The van der Waals surface area contributed by atoms with Crippen LogP contribution < -0.4 is 10.0 Å². The van der Waals surface area contributed by atoms with Crippen LogP contribution in [0.25, 0.3) is 0 Å². The van der Waals surface area contributed by atoms with E-state index in [1.165, 1.54) is 0 Å². The van der Waals surface area contributed by atoms with Crippen LogP contribution in [0.2, 0.25) is 0 Å². The van der Waals surface area contributed by atoms with Crippen molar-refractivity contribution < 1.29 is 13.2 Å². The first-order valence-corrected chi connectivity index (χ1v) is 10.1. The minimum absolute atomic E-state index is 0.245. The minimum atomic E-state index is -3.24. The monoisotopic (exact) mass is 352 g/mol. The van der Waals surface area contributed by atoms with Crippen LogP contribution in [-0.2, 0) is 16.4 Å². The Kier molecular flexibility index (Phi) is 6.04. The lowest BCUT2D eigenvalue weighted by molar-refractivity contribution is 0.0994. The fourth-order valence-electron chi connectivity index (χ4n) is 2.65.